The van der Waals surface area contributed by atoms with Crippen LogP contribution in [0.4, 0.5) is 4.39 Å². The molecule has 0 saturated carbocycles. The Morgan fingerprint density at radius 1 is 1.29 bits per heavy atom. The number of rotatable bonds is 3. The van der Waals surface area contributed by atoms with Crippen LogP contribution in [0.25, 0.3) is 10.8 Å². The van der Waals surface area contributed by atoms with E-state index in [0.29, 0.717) is 29.6 Å². The fraction of sp³-hybridized carbons (Fsp3) is 0.308. The van der Waals surface area contributed by atoms with Crippen molar-refractivity contribution in [1.82, 2.24) is 0 Å². The first-order valence-electron chi connectivity index (χ1n) is 5.45. The van der Waals surface area contributed by atoms with Crippen molar-refractivity contribution in [3.63, 3.8) is 0 Å². The van der Waals surface area contributed by atoms with E-state index in [-0.39, 0.29) is 12.0 Å². The van der Waals surface area contributed by atoms with Gasteiger partial charge in [0.2, 0.25) is 0 Å². The SMILES string of the molecule is Cc1cc(F)cc2c(=O)oc(CCCO)cc12. The number of aliphatic hydroxyl groups is 1. The summed E-state index contributed by atoms with van der Waals surface area (Å²) in [5.74, 6) is 0.0802. The molecule has 0 aliphatic heterocycles. The molecule has 1 aromatic carbocycles. The summed E-state index contributed by atoms with van der Waals surface area (Å²) in [6.45, 7) is 1.80. The summed E-state index contributed by atoms with van der Waals surface area (Å²) >= 11 is 0. The zero-order valence-electron chi connectivity index (χ0n) is 9.50. The van der Waals surface area contributed by atoms with Gasteiger partial charge in [-0.1, -0.05) is 0 Å². The number of aryl methyl sites for hydroxylation is 2. The van der Waals surface area contributed by atoms with E-state index in [9.17, 15) is 9.18 Å². The Hall–Kier alpha value is -1.68. The van der Waals surface area contributed by atoms with Crippen molar-refractivity contribution in [3.05, 3.63) is 45.8 Å². The molecule has 2 rings (SSSR count). The van der Waals surface area contributed by atoms with E-state index >= 15 is 0 Å². The average Bonchev–Trinajstić information content (AvgIpc) is 2.28. The molecular weight excluding hydrogens is 223 g/mol. The minimum absolute atomic E-state index is 0.0458. The van der Waals surface area contributed by atoms with Crippen molar-refractivity contribution in [2.45, 2.75) is 19.8 Å². The van der Waals surface area contributed by atoms with Crippen molar-refractivity contribution in [2.24, 2.45) is 0 Å². The Labute approximate surface area is 97.5 Å². The van der Waals surface area contributed by atoms with Gasteiger partial charge in [0.05, 0.1) is 5.39 Å². The maximum atomic E-state index is 13.2. The van der Waals surface area contributed by atoms with Crippen LogP contribution < -0.4 is 5.63 Å². The van der Waals surface area contributed by atoms with E-state index in [4.69, 9.17) is 9.52 Å². The van der Waals surface area contributed by atoms with E-state index in [1.807, 2.05) is 0 Å². The highest BCUT2D eigenvalue weighted by atomic mass is 19.1. The third-order valence-corrected chi connectivity index (χ3v) is 2.68. The van der Waals surface area contributed by atoms with E-state index < -0.39 is 11.4 Å². The lowest BCUT2D eigenvalue weighted by atomic mass is 10.1. The third kappa shape index (κ3) is 2.36. The van der Waals surface area contributed by atoms with Crippen LogP contribution in [0.15, 0.2) is 27.4 Å². The Bertz CT molecular complexity index is 601. The van der Waals surface area contributed by atoms with Gasteiger partial charge in [-0.25, -0.2) is 9.18 Å². The Balaban J connectivity index is 2.61. The zero-order chi connectivity index (χ0) is 12.4. The largest absolute Gasteiger partial charge is 0.427 e. The second-order valence-electron chi connectivity index (χ2n) is 4.01. The number of benzene rings is 1. The first-order valence-corrected chi connectivity index (χ1v) is 5.45. The molecule has 0 bridgehead atoms. The van der Waals surface area contributed by atoms with E-state index in [1.165, 1.54) is 12.1 Å². The molecule has 0 unspecified atom stereocenters. The smallest absolute Gasteiger partial charge is 0.343 e. The van der Waals surface area contributed by atoms with Gasteiger partial charge in [0.15, 0.2) is 0 Å². The lowest BCUT2D eigenvalue weighted by Crippen LogP contribution is -2.04. The molecule has 1 heterocycles. The van der Waals surface area contributed by atoms with Crippen LogP contribution in [0.2, 0.25) is 0 Å². The van der Waals surface area contributed by atoms with Crippen LogP contribution in [0.1, 0.15) is 17.7 Å². The minimum Gasteiger partial charge on any atom is -0.427 e. The van der Waals surface area contributed by atoms with Crippen molar-refractivity contribution < 1.29 is 13.9 Å². The van der Waals surface area contributed by atoms with Crippen LogP contribution in [0, 0.1) is 12.7 Å². The first-order chi connectivity index (χ1) is 8.11. The lowest BCUT2D eigenvalue weighted by Gasteiger charge is -2.04. The van der Waals surface area contributed by atoms with Gasteiger partial charge < -0.3 is 9.52 Å². The van der Waals surface area contributed by atoms with E-state index in [0.717, 1.165) is 0 Å². The van der Waals surface area contributed by atoms with Crippen LogP contribution in [0.5, 0.6) is 0 Å². The highest BCUT2D eigenvalue weighted by Gasteiger charge is 2.08. The monoisotopic (exact) mass is 236 g/mol. The van der Waals surface area contributed by atoms with Crippen LogP contribution >= 0.6 is 0 Å². The van der Waals surface area contributed by atoms with Crippen molar-refractivity contribution >= 4 is 10.8 Å². The fourth-order valence-electron chi connectivity index (χ4n) is 1.86. The number of hydrogen-bond acceptors (Lipinski definition) is 3. The predicted molar refractivity (Wildman–Crippen MR) is 62.6 cm³/mol. The molecule has 1 N–H and O–H groups in total. The summed E-state index contributed by atoms with van der Waals surface area (Å²) in [4.78, 5) is 11.7. The molecule has 3 nitrogen and oxygen atoms in total. The summed E-state index contributed by atoms with van der Waals surface area (Å²) in [5.41, 5.74) is 0.177. The summed E-state index contributed by atoms with van der Waals surface area (Å²) in [6, 6.07) is 4.31. The highest BCUT2D eigenvalue weighted by Crippen LogP contribution is 2.19. The van der Waals surface area contributed by atoms with Gasteiger partial charge in [0.25, 0.3) is 0 Å². The fourth-order valence-corrected chi connectivity index (χ4v) is 1.86. The molecule has 0 aliphatic rings. The van der Waals surface area contributed by atoms with Crippen molar-refractivity contribution in [2.75, 3.05) is 6.61 Å². The standard InChI is InChI=1S/C13H13FO3/c1-8-5-9(14)6-12-11(8)7-10(3-2-4-15)17-13(12)16/h5-7,15H,2-4H2,1H3. The van der Waals surface area contributed by atoms with Gasteiger partial charge in [-0.3, -0.25) is 0 Å². The van der Waals surface area contributed by atoms with Gasteiger partial charge in [0.1, 0.15) is 11.6 Å². The average molecular weight is 236 g/mol. The number of halogens is 1. The van der Waals surface area contributed by atoms with Gasteiger partial charge in [-0.15, -0.1) is 0 Å². The Morgan fingerprint density at radius 3 is 2.76 bits per heavy atom. The molecule has 0 spiro atoms. The second kappa shape index (κ2) is 4.67. The molecule has 0 radical (unpaired) electrons. The molecule has 90 valence electrons. The predicted octanol–water partition coefficient (Wildman–Crippen LogP) is 2.17. The molecule has 17 heavy (non-hydrogen) atoms. The Morgan fingerprint density at radius 2 is 2.06 bits per heavy atom. The number of aliphatic hydroxyl groups excluding tert-OH is 1. The summed E-state index contributed by atoms with van der Waals surface area (Å²) < 4.78 is 18.2. The van der Waals surface area contributed by atoms with Gasteiger partial charge in [0, 0.05) is 13.0 Å². The topological polar surface area (TPSA) is 50.4 Å². The molecule has 2 aromatic rings. The Kier molecular flexibility index (Phi) is 3.24. The van der Waals surface area contributed by atoms with Crippen LogP contribution in [0.3, 0.4) is 0 Å². The van der Waals surface area contributed by atoms with Gasteiger partial charge in [-0.2, -0.15) is 0 Å². The molecule has 0 amide bonds. The maximum Gasteiger partial charge on any atom is 0.343 e. The molecule has 0 saturated heterocycles. The van der Waals surface area contributed by atoms with E-state index in [1.54, 1.807) is 13.0 Å². The molecule has 0 atom stereocenters. The lowest BCUT2D eigenvalue weighted by molar-refractivity contribution is 0.283. The quantitative estimate of drug-likeness (QED) is 0.888. The van der Waals surface area contributed by atoms with Crippen molar-refractivity contribution in [3.8, 4) is 0 Å². The third-order valence-electron chi connectivity index (χ3n) is 2.68. The molecule has 1 aromatic heterocycles. The summed E-state index contributed by atoms with van der Waals surface area (Å²) in [6.07, 6.45) is 1.03. The summed E-state index contributed by atoms with van der Waals surface area (Å²) in [5, 5.41) is 9.70. The normalized spacial score (nSPS) is 11.0. The number of hydrogen-bond donors (Lipinski definition) is 1. The second-order valence-corrected chi connectivity index (χ2v) is 4.01. The zero-order valence-corrected chi connectivity index (χ0v) is 9.50. The van der Waals surface area contributed by atoms with Crippen LogP contribution in [-0.2, 0) is 6.42 Å². The molecule has 0 fully saturated rings. The van der Waals surface area contributed by atoms with E-state index in [2.05, 4.69) is 0 Å². The maximum absolute atomic E-state index is 13.2. The number of fused-ring (bicyclic) bond motifs is 1. The van der Waals surface area contributed by atoms with Crippen molar-refractivity contribution in [1.29, 1.82) is 0 Å². The van der Waals surface area contributed by atoms with Gasteiger partial charge >= 0.3 is 5.63 Å². The molecule has 4 heteroatoms. The molecular formula is C13H13FO3. The summed E-state index contributed by atoms with van der Waals surface area (Å²) in [7, 11) is 0. The molecule has 0 aliphatic carbocycles. The van der Waals surface area contributed by atoms with Gasteiger partial charge in [-0.05, 0) is 42.5 Å². The first kappa shape index (κ1) is 11.8. The highest BCUT2D eigenvalue weighted by molar-refractivity contribution is 5.84. The minimum atomic E-state index is -0.530. The van der Waals surface area contributed by atoms with Crippen LogP contribution in [-0.4, -0.2) is 11.7 Å².